The number of halogens is 4. The van der Waals surface area contributed by atoms with Gasteiger partial charge in [0.15, 0.2) is 6.61 Å². The summed E-state index contributed by atoms with van der Waals surface area (Å²) in [5.74, 6) is -0.230. The number of ether oxygens (including phenoxy) is 2. The van der Waals surface area contributed by atoms with Crippen LogP contribution in [0.3, 0.4) is 0 Å². The quantitative estimate of drug-likeness (QED) is 0.0753. The monoisotopic (exact) mass is 703 g/mol. The molecule has 3 aromatic carbocycles. The van der Waals surface area contributed by atoms with Gasteiger partial charge in [0, 0.05) is 30.9 Å². The van der Waals surface area contributed by atoms with Crippen molar-refractivity contribution in [2.75, 3.05) is 38.6 Å². The summed E-state index contributed by atoms with van der Waals surface area (Å²) in [5.41, 5.74) is 18.8. The molecule has 0 atom stereocenters. The van der Waals surface area contributed by atoms with Crippen LogP contribution >= 0.6 is 11.6 Å². The number of carbonyl (C=O) groups excluding carboxylic acids is 2. The fourth-order valence-corrected chi connectivity index (χ4v) is 4.77. The van der Waals surface area contributed by atoms with Crippen molar-refractivity contribution in [3.63, 3.8) is 0 Å². The van der Waals surface area contributed by atoms with Crippen molar-refractivity contribution < 1.29 is 32.2 Å². The van der Waals surface area contributed by atoms with Gasteiger partial charge in [0.05, 0.1) is 24.6 Å². The number of guanidine groups is 1. The number of hydrogen-bond donors (Lipinski definition) is 4. The second kappa shape index (κ2) is 18.0. The number of amidine groups is 1. The largest absolute Gasteiger partial charge is 0.492 e. The molecule has 2 amide bonds. The van der Waals surface area contributed by atoms with Crippen LogP contribution in [-0.4, -0.2) is 67.7 Å². The van der Waals surface area contributed by atoms with Crippen molar-refractivity contribution in [2.24, 2.45) is 26.9 Å². The van der Waals surface area contributed by atoms with Gasteiger partial charge in [0.25, 0.3) is 11.9 Å². The van der Waals surface area contributed by atoms with Crippen LogP contribution in [-0.2, 0) is 22.5 Å². The van der Waals surface area contributed by atoms with Crippen LogP contribution in [0.25, 0.3) is 0 Å². The number of rotatable bonds is 15. The molecule has 3 rings (SSSR count). The average molecular weight is 704 g/mol. The van der Waals surface area contributed by atoms with E-state index in [4.69, 9.17) is 33.5 Å². The summed E-state index contributed by atoms with van der Waals surface area (Å²) in [7, 11) is 0. The second-order valence-corrected chi connectivity index (χ2v) is 12.3. The van der Waals surface area contributed by atoms with Gasteiger partial charge in [-0.3, -0.25) is 9.59 Å². The third kappa shape index (κ3) is 14.4. The van der Waals surface area contributed by atoms with E-state index in [0.29, 0.717) is 53.6 Å². The Balaban J connectivity index is 1.56. The minimum absolute atomic E-state index is 0.0244. The fraction of sp³-hybridized carbons (Fsp3) is 0.353. The van der Waals surface area contributed by atoms with Gasteiger partial charge in [0.1, 0.15) is 5.75 Å². The minimum atomic E-state index is -4.57. The summed E-state index contributed by atoms with van der Waals surface area (Å²) in [6, 6.07) is 20.3. The van der Waals surface area contributed by atoms with Crippen LogP contribution in [0.5, 0.6) is 5.75 Å². The highest BCUT2D eigenvalue weighted by molar-refractivity contribution is 6.32. The first-order chi connectivity index (χ1) is 23.1. The van der Waals surface area contributed by atoms with Gasteiger partial charge in [-0.1, -0.05) is 61.8 Å². The average Bonchev–Trinajstić information content (AvgIpc) is 3.04. The number of anilines is 1. The lowest BCUT2D eigenvalue weighted by atomic mass is 9.92. The molecule has 0 fully saturated rings. The van der Waals surface area contributed by atoms with E-state index < -0.39 is 24.2 Å². The number of nitrogens with zero attached hydrogens (tertiary/aromatic N) is 3. The molecule has 264 valence electrons. The van der Waals surface area contributed by atoms with Crippen molar-refractivity contribution in [3.05, 3.63) is 94.5 Å². The zero-order valence-electron chi connectivity index (χ0n) is 27.3. The zero-order valence-corrected chi connectivity index (χ0v) is 28.1. The summed E-state index contributed by atoms with van der Waals surface area (Å²) < 4.78 is 46.9. The lowest BCUT2D eigenvalue weighted by molar-refractivity contribution is -0.156. The van der Waals surface area contributed by atoms with Gasteiger partial charge in [-0.15, -0.1) is 0 Å². The van der Waals surface area contributed by atoms with Crippen LogP contribution in [0.15, 0.2) is 82.8 Å². The van der Waals surface area contributed by atoms with Gasteiger partial charge >= 0.3 is 6.18 Å². The molecule has 0 aliphatic heterocycles. The molecule has 0 heterocycles. The number of carbonyl (C=O) groups is 2. The molecule has 49 heavy (non-hydrogen) atoms. The Morgan fingerprint density at radius 1 is 0.980 bits per heavy atom. The predicted octanol–water partition coefficient (Wildman–Crippen LogP) is 4.93. The Hall–Kier alpha value is -4.98. The fourth-order valence-electron chi connectivity index (χ4n) is 4.51. The SMILES string of the molecule is CC(C)(CNC(=O)c1ccc(N)cc1)CN(CCCOc1ccc(CN=C(N)N=C(N)OCC(F)(F)F)cc1Cl)C(=O)Cc1ccccc1. The van der Waals surface area contributed by atoms with Crippen LogP contribution in [0.4, 0.5) is 18.9 Å². The molecule has 15 heteroatoms. The standard InChI is InChI=1S/C34H41ClF3N7O4/c1-33(2,20-43-30(47)25-10-12-26(39)13-11-25)21-45(29(46)18-23-7-4-3-5-8-23)15-6-16-48-28-14-9-24(17-27(28)35)19-42-31(40)44-32(41)49-22-34(36,37)38/h3-5,7-14,17H,6,15-16,18-22,39H2,1-2H3,(H,43,47)(H4,40,41,42,44). The molecule has 11 nitrogen and oxygen atoms in total. The molecule has 7 N–H and O–H groups in total. The number of aliphatic imine (C=N–C) groups is 2. The van der Waals surface area contributed by atoms with Crippen LogP contribution in [0.2, 0.25) is 5.02 Å². The Morgan fingerprint density at radius 2 is 1.67 bits per heavy atom. The van der Waals surface area contributed by atoms with Gasteiger partial charge in [-0.25, -0.2) is 4.99 Å². The van der Waals surface area contributed by atoms with Crippen LogP contribution < -0.4 is 27.3 Å². The molecule has 0 aromatic heterocycles. The molecule has 3 aromatic rings. The van der Waals surface area contributed by atoms with Crippen molar-refractivity contribution in [2.45, 2.75) is 39.4 Å². The smallest absolute Gasteiger partial charge is 0.422 e. The lowest BCUT2D eigenvalue weighted by Crippen LogP contribution is -2.45. The number of nitrogens with one attached hydrogen (secondary N) is 1. The Morgan fingerprint density at radius 3 is 2.33 bits per heavy atom. The molecule has 0 aliphatic carbocycles. The van der Waals surface area contributed by atoms with Crippen molar-refractivity contribution >= 4 is 41.1 Å². The molecular weight excluding hydrogens is 663 g/mol. The molecular formula is C34H41ClF3N7O4. The van der Waals surface area contributed by atoms with Crippen molar-refractivity contribution in [1.82, 2.24) is 10.2 Å². The summed E-state index contributed by atoms with van der Waals surface area (Å²) in [5, 5.41) is 3.26. The maximum Gasteiger partial charge on any atom is 0.422 e. The van der Waals surface area contributed by atoms with E-state index in [1.54, 1.807) is 47.4 Å². The molecule has 0 radical (unpaired) electrons. The topological polar surface area (TPSA) is 171 Å². The third-order valence-electron chi connectivity index (χ3n) is 6.93. The minimum Gasteiger partial charge on any atom is -0.492 e. The maximum atomic E-state index is 13.5. The number of nitrogens with two attached hydrogens (primary N) is 3. The first-order valence-corrected chi connectivity index (χ1v) is 15.7. The highest BCUT2D eigenvalue weighted by Crippen LogP contribution is 2.26. The van der Waals surface area contributed by atoms with Crippen LogP contribution in [0.1, 0.15) is 41.8 Å². The van der Waals surface area contributed by atoms with E-state index in [0.717, 1.165) is 5.56 Å². The molecule has 0 saturated heterocycles. The van der Waals surface area contributed by atoms with E-state index >= 15 is 0 Å². The van der Waals surface area contributed by atoms with Crippen molar-refractivity contribution in [1.29, 1.82) is 0 Å². The molecule has 0 aliphatic rings. The van der Waals surface area contributed by atoms with E-state index in [1.807, 2.05) is 44.2 Å². The zero-order chi connectivity index (χ0) is 36.0. The number of hydrogen-bond acceptors (Lipinski definition) is 6. The van der Waals surface area contributed by atoms with Gasteiger partial charge in [-0.2, -0.15) is 18.2 Å². The summed E-state index contributed by atoms with van der Waals surface area (Å²) >= 11 is 6.41. The van der Waals surface area contributed by atoms with Crippen LogP contribution in [0, 0.1) is 5.41 Å². The number of amides is 2. The third-order valence-corrected chi connectivity index (χ3v) is 7.22. The van der Waals surface area contributed by atoms with E-state index in [1.165, 1.54) is 0 Å². The molecule has 0 spiro atoms. The number of nitrogen functional groups attached to an aromatic ring is 1. The summed E-state index contributed by atoms with van der Waals surface area (Å²) in [6.45, 7) is 3.79. The molecule has 0 unspecified atom stereocenters. The Labute approximate surface area is 288 Å². The summed E-state index contributed by atoms with van der Waals surface area (Å²) in [6.07, 6.45) is -3.83. The second-order valence-electron chi connectivity index (χ2n) is 11.9. The first-order valence-electron chi connectivity index (χ1n) is 15.3. The van der Waals surface area contributed by atoms with E-state index in [2.05, 4.69) is 20.0 Å². The van der Waals surface area contributed by atoms with Gasteiger partial charge < -0.3 is 36.9 Å². The highest BCUT2D eigenvalue weighted by atomic mass is 35.5. The predicted molar refractivity (Wildman–Crippen MR) is 184 cm³/mol. The van der Waals surface area contributed by atoms with E-state index in [9.17, 15) is 22.8 Å². The van der Waals surface area contributed by atoms with Crippen molar-refractivity contribution in [3.8, 4) is 5.75 Å². The summed E-state index contributed by atoms with van der Waals surface area (Å²) in [4.78, 5) is 35.4. The Kier molecular flexibility index (Phi) is 14.1. The number of benzene rings is 3. The van der Waals surface area contributed by atoms with Gasteiger partial charge in [-0.05, 0) is 59.4 Å². The maximum absolute atomic E-state index is 13.5. The normalized spacial score (nSPS) is 12.4. The Bertz CT molecular complexity index is 1600. The highest BCUT2D eigenvalue weighted by Gasteiger charge is 2.29. The first kappa shape index (κ1) is 38.5. The molecule has 0 bridgehead atoms. The van der Waals surface area contributed by atoms with E-state index in [-0.39, 0.29) is 37.3 Å². The lowest BCUT2D eigenvalue weighted by Gasteiger charge is -2.33. The van der Waals surface area contributed by atoms with Gasteiger partial charge in [0.2, 0.25) is 11.9 Å². The number of alkyl halides is 3. The molecule has 0 saturated carbocycles.